The average Bonchev–Trinajstić information content (AvgIpc) is 3.40. The van der Waals surface area contributed by atoms with Crippen LogP contribution in [0.5, 0.6) is 0 Å². The highest BCUT2D eigenvalue weighted by Crippen LogP contribution is 2.63. The SMILES string of the molecule is Cc1ncsc1-c1ccc(C(C)NC(=O)C2CC(O)CN2C(=O)C(NC(=O)CCOCCOCCNC(=O)c2ccc(NC(=O)C3NC4(CCCCC4)C4(C(=O)Nc5cc(Cl)ccc54)C3c3cccc(Cl)c3F)cc2)C(C)(C)C)cc1. The van der Waals surface area contributed by atoms with Crippen LogP contribution in [0.3, 0.4) is 0 Å². The number of rotatable bonds is 19. The summed E-state index contributed by atoms with van der Waals surface area (Å²) in [5.41, 5.74) is 3.67. The molecular formula is C60H69Cl2FN8O9S. The second-order valence-corrected chi connectivity index (χ2v) is 24.2. The fourth-order valence-corrected chi connectivity index (χ4v) is 13.4. The van der Waals surface area contributed by atoms with Crippen LogP contribution in [-0.2, 0) is 38.9 Å². The number of halogens is 3. The Morgan fingerprint density at radius 3 is 2.32 bits per heavy atom. The van der Waals surface area contributed by atoms with Crippen molar-refractivity contribution in [2.24, 2.45) is 5.41 Å². The molecule has 21 heteroatoms. The second kappa shape index (κ2) is 25.0. The van der Waals surface area contributed by atoms with Gasteiger partial charge in [-0.3, -0.25) is 34.1 Å². The normalized spacial score (nSPS) is 21.8. The van der Waals surface area contributed by atoms with E-state index in [2.05, 4.69) is 36.9 Å². The number of likely N-dealkylation sites (tertiary alicyclic amines) is 1. The van der Waals surface area contributed by atoms with Gasteiger partial charge in [-0.2, -0.15) is 0 Å². The molecule has 3 fully saturated rings. The van der Waals surface area contributed by atoms with E-state index in [1.807, 2.05) is 58.9 Å². The fraction of sp³-hybridized carbons (Fsp3) is 0.450. The van der Waals surface area contributed by atoms with Gasteiger partial charge in [-0.05, 0) is 96.8 Å². The summed E-state index contributed by atoms with van der Waals surface area (Å²) in [4.78, 5) is 90.1. The molecule has 2 spiro atoms. The number of fused-ring (bicyclic) bond motifs is 3. The van der Waals surface area contributed by atoms with Crippen LogP contribution in [0.1, 0.15) is 117 Å². The molecule has 7 N–H and O–H groups in total. The van der Waals surface area contributed by atoms with Crippen LogP contribution in [0, 0.1) is 18.2 Å². The minimum Gasteiger partial charge on any atom is -0.391 e. The Bertz CT molecular complexity index is 3150. The van der Waals surface area contributed by atoms with Crippen LogP contribution in [0.25, 0.3) is 10.4 Å². The van der Waals surface area contributed by atoms with E-state index in [4.69, 9.17) is 32.7 Å². The third-order valence-corrected chi connectivity index (χ3v) is 17.7. The van der Waals surface area contributed by atoms with Crippen molar-refractivity contribution in [3.05, 3.63) is 134 Å². The number of hydrogen-bond acceptors (Lipinski definition) is 12. The number of benzene rings is 4. The molecule has 2 saturated heterocycles. The lowest BCUT2D eigenvalue weighted by Crippen LogP contribution is -2.60. The number of aliphatic hydroxyl groups excluding tert-OH is 1. The Hall–Kier alpha value is -6.32. The lowest BCUT2D eigenvalue weighted by Gasteiger charge is -2.47. The number of hydrogen-bond donors (Lipinski definition) is 7. The summed E-state index contributed by atoms with van der Waals surface area (Å²) >= 11 is 14.4. The maximum Gasteiger partial charge on any atom is 0.251 e. The molecule has 6 amide bonds. The Kier molecular flexibility index (Phi) is 18.3. The predicted octanol–water partition coefficient (Wildman–Crippen LogP) is 8.37. The van der Waals surface area contributed by atoms with Crippen molar-refractivity contribution in [1.82, 2.24) is 31.2 Å². The second-order valence-electron chi connectivity index (χ2n) is 22.5. The minimum atomic E-state index is -1.38. The molecule has 430 valence electrons. The number of nitrogens with zero attached hydrogens (tertiary/aromatic N) is 2. The van der Waals surface area contributed by atoms with Crippen molar-refractivity contribution >= 4 is 81.4 Å². The van der Waals surface area contributed by atoms with Gasteiger partial charge in [-0.15, -0.1) is 11.3 Å². The number of carbonyl (C=O) groups is 6. The number of thiazole rings is 1. The van der Waals surface area contributed by atoms with E-state index in [0.717, 1.165) is 41.0 Å². The van der Waals surface area contributed by atoms with Crippen molar-refractivity contribution in [2.75, 3.05) is 50.2 Å². The fourth-order valence-electron chi connectivity index (χ4n) is 12.2. The Morgan fingerprint density at radius 2 is 1.63 bits per heavy atom. The molecule has 0 radical (unpaired) electrons. The average molecular weight is 1170 g/mol. The molecular weight excluding hydrogens is 1100 g/mol. The van der Waals surface area contributed by atoms with Crippen LogP contribution in [0.15, 0.2) is 90.4 Å². The first-order chi connectivity index (χ1) is 38.7. The van der Waals surface area contributed by atoms with E-state index in [1.54, 1.807) is 71.4 Å². The number of carbonyl (C=O) groups excluding carboxylic acids is 6. The van der Waals surface area contributed by atoms with Gasteiger partial charge in [-0.1, -0.05) is 106 Å². The highest BCUT2D eigenvalue weighted by Gasteiger charge is 2.72. The lowest BCUT2D eigenvalue weighted by atomic mass is 9.55. The molecule has 3 aliphatic heterocycles. The molecule has 17 nitrogen and oxygen atoms in total. The zero-order valence-electron chi connectivity index (χ0n) is 46.0. The quantitative estimate of drug-likeness (QED) is 0.0389. The van der Waals surface area contributed by atoms with Crippen molar-refractivity contribution < 1.29 is 47.7 Å². The van der Waals surface area contributed by atoms with Gasteiger partial charge in [-0.25, -0.2) is 9.37 Å². The number of aryl methyl sites for hydroxylation is 1. The van der Waals surface area contributed by atoms with Crippen LogP contribution in [0.2, 0.25) is 10.0 Å². The molecule has 7 atom stereocenters. The molecule has 1 aromatic heterocycles. The van der Waals surface area contributed by atoms with Crippen molar-refractivity contribution in [3.63, 3.8) is 0 Å². The maximum absolute atomic E-state index is 16.3. The number of aromatic nitrogens is 1. The van der Waals surface area contributed by atoms with Crippen LogP contribution in [0.4, 0.5) is 15.8 Å². The lowest BCUT2D eigenvalue weighted by molar-refractivity contribution is -0.144. The summed E-state index contributed by atoms with van der Waals surface area (Å²) in [6, 6.07) is 20.7. The summed E-state index contributed by atoms with van der Waals surface area (Å²) in [7, 11) is 0. The van der Waals surface area contributed by atoms with E-state index in [1.165, 1.54) is 11.0 Å². The molecule has 81 heavy (non-hydrogen) atoms. The maximum atomic E-state index is 16.3. The summed E-state index contributed by atoms with van der Waals surface area (Å²) in [5, 5.41) is 29.2. The number of nitrogens with one attached hydrogen (secondary N) is 6. The Balaban J connectivity index is 0.715. The van der Waals surface area contributed by atoms with E-state index >= 15 is 4.39 Å². The zero-order chi connectivity index (χ0) is 57.8. The largest absolute Gasteiger partial charge is 0.391 e. The number of anilines is 2. The van der Waals surface area contributed by atoms with Crippen molar-refractivity contribution in [3.8, 4) is 10.4 Å². The van der Waals surface area contributed by atoms with Gasteiger partial charge >= 0.3 is 0 Å². The molecule has 4 heterocycles. The van der Waals surface area contributed by atoms with E-state index in [9.17, 15) is 33.9 Å². The number of aliphatic hydroxyl groups is 1. The molecule has 4 aliphatic rings. The van der Waals surface area contributed by atoms with Gasteiger partial charge in [0.25, 0.3) is 5.91 Å². The summed E-state index contributed by atoms with van der Waals surface area (Å²) < 4.78 is 27.6. The first-order valence-corrected chi connectivity index (χ1v) is 29.1. The number of amides is 6. The minimum absolute atomic E-state index is 0.0456. The van der Waals surface area contributed by atoms with Gasteiger partial charge in [0, 0.05) is 59.3 Å². The van der Waals surface area contributed by atoms with Crippen LogP contribution < -0.4 is 31.9 Å². The van der Waals surface area contributed by atoms with Gasteiger partial charge < -0.3 is 46.1 Å². The molecule has 0 bridgehead atoms. The predicted molar refractivity (Wildman–Crippen MR) is 309 cm³/mol. The Morgan fingerprint density at radius 1 is 0.914 bits per heavy atom. The van der Waals surface area contributed by atoms with Crippen molar-refractivity contribution in [1.29, 1.82) is 0 Å². The molecule has 4 aromatic carbocycles. The highest BCUT2D eigenvalue weighted by molar-refractivity contribution is 7.13. The molecule has 9 rings (SSSR count). The first kappa shape index (κ1) is 59.3. The summed E-state index contributed by atoms with van der Waals surface area (Å²) in [5.74, 6) is -4.18. The van der Waals surface area contributed by atoms with E-state index in [-0.39, 0.29) is 80.8 Å². The molecule has 1 aliphatic carbocycles. The monoisotopic (exact) mass is 1170 g/mol. The standard InChI is InChI=1S/C60H69Cl2FN8O9S/c1-34(36-12-14-37(15-13-36)51-35(2)65-33-81-51)66-54(75)46-31-41(72)32-71(46)56(77)52(58(3,4)5)69-47(73)22-26-79-28-29-80-27-25-64-53(74)38-16-19-40(20-17-38)67-55(76)50-48(42-10-9-11-44(62)49(42)63)60(59(70-50)23-7-6-8-24-59)43-21-18-39(61)30-45(43)68-57(60)78/h9-21,30,33-34,41,46,48,50,52,70,72H,6-8,22-29,31-32H2,1-5H3,(H,64,74)(H,66,75)(H,67,76)(H,68,78)(H,69,73). The van der Waals surface area contributed by atoms with Gasteiger partial charge in [0.1, 0.15) is 23.3 Å². The number of ether oxygens (including phenoxy) is 2. The summed E-state index contributed by atoms with van der Waals surface area (Å²) in [6.07, 6.45) is 2.81. The van der Waals surface area contributed by atoms with Gasteiger partial charge in [0.15, 0.2) is 0 Å². The number of β-amino-alcohol motifs (C(OH)–C–C–N with tert-alkyl or cyclic N) is 1. The molecule has 5 aromatic rings. The van der Waals surface area contributed by atoms with Crippen LogP contribution in [-0.4, -0.2) is 120 Å². The van der Waals surface area contributed by atoms with E-state index < -0.39 is 76.0 Å². The molecule has 1 saturated carbocycles. The Labute approximate surface area is 484 Å². The first-order valence-electron chi connectivity index (χ1n) is 27.5. The van der Waals surface area contributed by atoms with Crippen LogP contribution >= 0.6 is 34.5 Å². The van der Waals surface area contributed by atoms with E-state index in [0.29, 0.717) is 40.4 Å². The highest BCUT2D eigenvalue weighted by atomic mass is 35.5. The smallest absolute Gasteiger partial charge is 0.251 e. The topological polar surface area (TPSA) is 229 Å². The third kappa shape index (κ3) is 12.4. The zero-order valence-corrected chi connectivity index (χ0v) is 48.3. The van der Waals surface area contributed by atoms with Gasteiger partial charge in [0.2, 0.25) is 29.5 Å². The van der Waals surface area contributed by atoms with Gasteiger partial charge in [0.05, 0.1) is 65.7 Å². The summed E-state index contributed by atoms with van der Waals surface area (Å²) in [6.45, 7) is 9.97. The third-order valence-electron chi connectivity index (χ3n) is 16.2. The van der Waals surface area contributed by atoms with Crippen molar-refractivity contribution in [2.45, 2.75) is 127 Å². The molecule has 7 unspecified atom stereocenters.